The Labute approximate surface area is 117 Å². The van der Waals surface area contributed by atoms with Crippen LogP contribution in [0.4, 0.5) is 16.2 Å². The second kappa shape index (κ2) is 6.25. The van der Waals surface area contributed by atoms with E-state index in [1.807, 2.05) is 36.4 Å². The largest absolute Gasteiger partial charge is 0.449 e. The minimum atomic E-state index is -0.420. The lowest BCUT2D eigenvalue weighted by Crippen LogP contribution is -2.26. The van der Waals surface area contributed by atoms with Crippen molar-refractivity contribution in [3.05, 3.63) is 59.6 Å². The van der Waals surface area contributed by atoms with E-state index in [2.05, 4.69) is 0 Å². The maximum absolute atomic E-state index is 12.1. The van der Waals surface area contributed by atoms with Crippen molar-refractivity contribution >= 4 is 29.1 Å². The van der Waals surface area contributed by atoms with Crippen molar-refractivity contribution in [2.24, 2.45) is 0 Å². The Morgan fingerprint density at radius 2 is 1.79 bits per heavy atom. The molecule has 2 rings (SSSR count). The summed E-state index contributed by atoms with van der Waals surface area (Å²) in [5.41, 5.74) is 1.42. The monoisotopic (exact) mass is 275 g/mol. The molecule has 0 bridgehead atoms. The highest BCUT2D eigenvalue weighted by Crippen LogP contribution is 2.28. The molecule has 0 atom stereocenters. The summed E-state index contributed by atoms with van der Waals surface area (Å²) in [6.07, 6.45) is -0.420. The van der Waals surface area contributed by atoms with Crippen LogP contribution in [-0.2, 0) is 4.74 Å². The lowest BCUT2D eigenvalue weighted by Gasteiger charge is -2.22. The standard InChI is InChI=1S/C15H14ClNO2/c1-2-19-15(18)17(13-8-4-3-5-9-13)14-10-6-7-12(16)11-14/h3-11H,2H2,1H3. The highest BCUT2D eigenvalue weighted by atomic mass is 35.5. The summed E-state index contributed by atoms with van der Waals surface area (Å²) in [4.78, 5) is 13.6. The number of ether oxygens (including phenoxy) is 1. The molecule has 4 heteroatoms. The van der Waals surface area contributed by atoms with E-state index in [0.29, 0.717) is 17.3 Å². The van der Waals surface area contributed by atoms with Gasteiger partial charge in [-0.25, -0.2) is 9.69 Å². The molecular formula is C15H14ClNO2. The summed E-state index contributed by atoms with van der Waals surface area (Å²) in [6, 6.07) is 16.4. The lowest BCUT2D eigenvalue weighted by atomic mass is 10.2. The van der Waals surface area contributed by atoms with Crippen LogP contribution in [0.1, 0.15) is 6.92 Å². The summed E-state index contributed by atoms with van der Waals surface area (Å²) in [5.74, 6) is 0. The number of benzene rings is 2. The minimum absolute atomic E-state index is 0.322. The van der Waals surface area contributed by atoms with Crippen LogP contribution in [0.25, 0.3) is 0 Å². The number of amides is 1. The Morgan fingerprint density at radius 1 is 1.11 bits per heavy atom. The zero-order chi connectivity index (χ0) is 13.7. The molecule has 0 fully saturated rings. The first-order chi connectivity index (χ1) is 9.22. The number of nitrogens with zero attached hydrogens (tertiary/aromatic N) is 1. The van der Waals surface area contributed by atoms with Crippen molar-refractivity contribution in [3.63, 3.8) is 0 Å². The molecule has 0 aliphatic rings. The Bertz CT molecular complexity index is 557. The van der Waals surface area contributed by atoms with Gasteiger partial charge in [-0.2, -0.15) is 0 Å². The Hall–Kier alpha value is -2.00. The van der Waals surface area contributed by atoms with Gasteiger partial charge in [-0.1, -0.05) is 35.9 Å². The van der Waals surface area contributed by atoms with E-state index in [1.165, 1.54) is 4.90 Å². The first kappa shape index (κ1) is 13.4. The van der Waals surface area contributed by atoms with Crippen molar-refractivity contribution in [1.29, 1.82) is 0 Å². The molecule has 19 heavy (non-hydrogen) atoms. The molecule has 0 saturated carbocycles. The molecule has 3 nitrogen and oxygen atoms in total. The number of para-hydroxylation sites is 1. The van der Waals surface area contributed by atoms with Crippen LogP contribution in [0.3, 0.4) is 0 Å². The summed E-state index contributed by atoms with van der Waals surface area (Å²) in [7, 11) is 0. The average molecular weight is 276 g/mol. The Balaban J connectivity index is 2.43. The summed E-state index contributed by atoms with van der Waals surface area (Å²) in [6.45, 7) is 2.10. The van der Waals surface area contributed by atoms with Crippen LogP contribution in [-0.4, -0.2) is 12.7 Å². The second-order valence-corrected chi connectivity index (χ2v) is 4.29. The minimum Gasteiger partial charge on any atom is -0.449 e. The van der Waals surface area contributed by atoms with E-state index < -0.39 is 6.09 Å². The molecule has 2 aromatic carbocycles. The average Bonchev–Trinajstić information content (AvgIpc) is 2.40. The molecule has 0 spiro atoms. The van der Waals surface area contributed by atoms with E-state index >= 15 is 0 Å². The fourth-order valence-electron chi connectivity index (χ4n) is 1.74. The van der Waals surface area contributed by atoms with E-state index in [0.717, 1.165) is 5.69 Å². The second-order valence-electron chi connectivity index (χ2n) is 3.85. The third-order valence-electron chi connectivity index (χ3n) is 2.53. The zero-order valence-corrected chi connectivity index (χ0v) is 11.3. The summed E-state index contributed by atoms with van der Waals surface area (Å²) in [5, 5.41) is 0.572. The number of rotatable bonds is 3. The van der Waals surface area contributed by atoms with Gasteiger partial charge in [0.05, 0.1) is 18.0 Å². The van der Waals surface area contributed by atoms with Crippen molar-refractivity contribution in [3.8, 4) is 0 Å². The molecule has 0 unspecified atom stereocenters. The van der Waals surface area contributed by atoms with E-state index in [9.17, 15) is 4.79 Å². The van der Waals surface area contributed by atoms with Crippen LogP contribution in [0.5, 0.6) is 0 Å². The van der Waals surface area contributed by atoms with Crippen molar-refractivity contribution in [2.45, 2.75) is 6.92 Å². The summed E-state index contributed by atoms with van der Waals surface area (Å²) >= 11 is 5.98. The molecule has 0 N–H and O–H groups in total. The maximum Gasteiger partial charge on any atom is 0.418 e. The van der Waals surface area contributed by atoms with Crippen LogP contribution in [0, 0.1) is 0 Å². The Morgan fingerprint density at radius 3 is 2.42 bits per heavy atom. The first-order valence-corrected chi connectivity index (χ1v) is 6.37. The van der Waals surface area contributed by atoms with Crippen molar-refractivity contribution < 1.29 is 9.53 Å². The normalized spacial score (nSPS) is 10.0. The predicted molar refractivity (Wildman–Crippen MR) is 77.1 cm³/mol. The van der Waals surface area contributed by atoms with Gasteiger partial charge in [0, 0.05) is 5.02 Å². The molecule has 1 amide bonds. The molecule has 0 aliphatic heterocycles. The maximum atomic E-state index is 12.1. The van der Waals surface area contributed by atoms with Crippen LogP contribution >= 0.6 is 11.6 Å². The molecule has 0 radical (unpaired) electrons. The number of anilines is 2. The van der Waals surface area contributed by atoms with Crippen LogP contribution < -0.4 is 4.90 Å². The van der Waals surface area contributed by atoms with Gasteiger partial charge in [0.25, 0.3) is 0 Å². The molecule has 2 aromatic rings. The van der Waals surface area contributed by atoms with Crippen LogP contribution in [0.2, 0.25) is 5.02 Å². The molecule has 98 valence electrons. The predicted octanol–water partition coefficient (Wildman–Crippen LogP) is 4.63. The smallest absolute Gasteiger partial charge is 0.418 e. The number of hydrogen-bond acceptors (Lipinski definition) is 2. The topological polar surface area (TPSA) is 29.5 Å². The quantitative estimate of drug-likeness (QED) is 0.817. The SMILES string of the molecule is CCOC(=O)N(c1ccccc1)c1cccc(Cl)c1. The van der Waals surface area contributed by atoms with Crippen molar-refractivity contribution in [2.75, 3.05) is 11.5 Å². The fourth-order valence-corrected chi connectivity index (χ4v) is 1.92. The number of carbonyl (C=O) groups excluding carboxylic acids is 1. The van der Waals surface area contributed by atoms with Crippen LogP contribution in [0.15, 0.2) is 54.6 Å². The van der Waals surface area contributed by atoms with Gasteiger partial charge in [0.1, 0.15) is 0 Å². The van der Waals surface area contributed by atoms with Crippen molar-refractivity contribution in [1.82, 2.24) is 0 Å². The van der Waals surface area contributed by atoms with Gasteiger partial charge in [0.2, 0.25) is 0 Å². The first-order valence-electron chi connectivity index (χ1n) is 6.00. The van der Waals surface area contributed by atoms with Gasteiger partial charge in [-0.05, 0) is 37.3 Å². The van der Waals surface area contributed by atoms with Gasteiger partial charge in [0.15, 0.2) is 0 Å². The van der Waals surface area contributed by atoms with Gasteiger partial charge < -0.3 is 4.74 Å². The van der Waals surface area contributed by atoms with E-state index in [-0.39, 0.29) is 0 Å². The van der Waals surface area contributed by atoms with Gasteiger partial charge in [-0.15, -0.1) is 0 Å². The van der Waals surface area contributed by atoms with E-state index in [1.54, 1.807) is 25.1 Å². The van der Waals surface area contributed by atoms with Gasteiger partial charge >= 0.3 is 6.09 Å². The zero-order valence-electron chi connectivity index (χ0n) is 10.5. The highest BCUT2D eigenvalue weighted by Gasteiger charge is 2.18. The highest BCUT2D eigenvalue weighted by molar-refractivity contribution is 6.31. The molecule has 0 saturated heterocycles. The fraction of sp³-hybridized carbons (Fsp3) is 0.133. The van der Waals surface area contributed by atoms with Gasteiger partial charge in [-0.3, -0.25) is 0 Å². The third kappa shape index (κ3) is 3.26. The number of carbonyl (C=O) groups is 1. The number of hydrogen-bond donors (Lipinski definition) is 0. The summed E-state index contributed by atoms with van der Waals surface area (Å²) < 4.78 is 5.10. The molecular weight excluding hydrogens is 262 g/mol. The number of halogens is 1. The molecule has 0 aromatic heterocycles. The molecule has 0 heterocycles. The van der Waals surface area contributed by atoms with E-state index in [4.69, 9.17) is 16.3 Å². The Kier molecular flexibility index (Phi) is 4.42. The third-order valence-corrected chi connectivity index (χ3v) is 2.77. The lowest BCUT2D eigenvalue weighted by molar-refractivity contribution is 0.162. The molecule has 0 aliphatic carbocycles.